The normalized spacial score (nSPS) is 13.5. The Bertz CT molecular complexity index is 903. The number of ether oxygens (including phenoxy) is 1. The molecule has 0 amide bonds. The number of hydrogen-bond donors (Lipinski definition) is 2. The molecule has 0 fully saturated rings. The molecule has 4 nitrogen and oxygen atoms in total. The predicted octanol–water partition coefficient (Wildman–Crippen LogP) is 4.98. The van der Waals surface area contributed by atoms with Crippen LogP contribution in [-0.2, 0) is 17.8 Å². The molecule has 0 saturated carbocycles. The van der Waals surface area contributed by atoms with Gasteiger partial charge in [0.15, 0.2) is 0 Å². The number of amidine groups is 2. The van der Waals surface area contributed by atoms with E-state index in [1.54, 1.807) is 11.8 Å². The molecule has 1 heterocycles. The summed E-state index contributed by atoms with van der Waals surface area (Å²) in [7, 11) is 1.46. The molecule has 26 heavy (non-hydrogen) atoms. The van der Waals surface area contributed by atoms with Crippen LogP contribution >= 0.6 is 30.1 Å². The molecule has 0 radical (unpaired) electrons. The summed E-state index contributed by atoms with van der Waals surface area (Å²) in [6.45, 7) is 2.30. The van der Waals surface area contributed by atoms with Gasteiger partial charge in [-0.15, -0.1) is 0 Å². The van der Waals surface area contributed by atoms with Gasteiger partial charge in [0.25, 0.3) is 0 Å². The highest BCUT2D eigenvalue weighted by molar-refractivity contribution is 14.2. The Hall–Kier alpha value is -1.82. The maximum absolute atomic E-state index is 8.23. The second-order valence-corrected chi connectivity index (χ2v) is 7.60. The van der Waals surface area contributed by atoms with Gasteiger partial charge in [-0.3, -0.25) is 15.7 Å². The molecule has 2 aromatic rings. The van der Waals surface area contributed by atoms with Crippen LogP contribution in [0.5, 0.6) is 0 Å². The topological polar surface area (TPSA) is 60.2 Å². The van der Waals surface area contributed by atoms with Gasteiger partial charge >= 0.3 is 0 Å². The van der Waals surface area contributed by atoms with Gasteiger partial charge in [-0.1, -0.05) is 36.3 Å². The monoisotopic (exact) mass is 475 g/mol. The molecule has 0 bridgehead atoms. The first-order valence-electron chi connectivity index (χ1n) is 8.09. The van der Waals surface area contributed by atoms with Crippen LogP contribution in [-0.4, -0.2) is 18.3 Å². The van der Waals surface area contributed by atoms with Gasteiger partial charge in [-0.25, -0.2) is 0 Å². The number of hydrogen-bond acceptors (Lipinski definition) is 4. The van der Waals surface area contributed by atoms with Crippen molar-refractivity contribution < 1.29 is 4.74 Å². The fourth-order valence-electron chi connectivity index (χ4n) is 3.09. The molecule has 0 spiro atoms. The molecular formula is C20H18IN3OS. The van der Waals surface area contributed by atoms with E-state index in [9.17, 15) is 0 Å². The lowest BCUT2D eigenvalue weighted by molar-refractivity contribution is 0.159. The summed E-state index contributed by atoms with van der Waals surface area (Å²) in [5, 5.41) is 19.4. The zero-order valence-electron chi connectivity index (χ0n) is 14.3. The number of nitrogens with one attached hydrogen (secondary N) is 2. The second kappa shape index (κ2) is 8.71. The van der Waals surface area contributed by atoms with Crippen molar-refractivity contribution >= 4 is 47.5 Å². The minimum atomic E-state index is 0.195. The van der Waals surface area contributed by atoms with Crippen molar-refractivity contribution in [2.45, 2.75) is 20.0 Å². The van der Waals surface area contributed by atoms with E-state index in [0.29, 0.717) is 12.4 Å². The van der Waals surface area contributed by atoms with Gasteiger partial charge in [-0.05, 0) is 50.8 Å². The Morgan fingerprint density at radius 3 is 2.69 bits per heavy atom. The lowest BCUT2D eigenvalue weighted by atomic mass is 9.93. The van der Waals surface area contributed by atoms with Gasteiger partial charge in [0.05, 0.1) is 12.3 Å². The third-order valence-electron chi connectivity index (χ3n) is 4.19. The molecule has 0 unspecified atom stereocenters. The highest BCUT2D eigenvalue weighted by Gasteiger charge is 2.25. The summed E-state index contributed by atoms with van der Waals surface area (Å²) in [6, 6.07) is 14.2. The summed E-state index contributed by atoms with van der Waals surface area (Å²) in [5.41, 5.74) is 5.12. The van der Waals surface area contributed by atoms with Crippen LogP contribution in [0.3, 0.4) is 0 Å². The molecule has 132 valence electrons. The van der Waals surface area contributed by atoms with Crippen molar-refractivity contribution in [3.8, 4) is 11.2 Å². The van der Waals surface area contributed by atoms with Crippen LogP contribution in [0.1, 0.15) is 29.2 Å². The predicted molar refractivity (Wildman–Crippen MR) is 117 cm³/mol. The van der Waals surface area contributed by atoms with Crippen LogP contribution in [0.15, 0.2) is 42.5 Å². The van der Waals surface area contributed by atoms with Crippen molar-refractivity contribution in [1.82, 2.24) is 0 Å². The third kappa shape index (κ3) is 4.11. The van der Waals surface area contributed by atoms with Gasteiger partial charge in [0.2, 0.25) is 0 Å². The zero-order chi connectivity index (χ0) is 18.5. The molecule has 1 aliphatic rings. The van der Waals surface area contributed by atoms with E-state index >= 15 is 0 Å². The van der Waals surface area contributed by atoms with Gasteiger partial charge < -0.3 is 4.74 Å². The molecule has 2 aromatic carbocycles. The largest absolute Gasteiger partial charge is 0.369 e. The van der Waals surface area contributed by atoms with Crippen molar-refractivity contribution in [3.63, 3.8) is 0 Å². The van der Waals surface area contributed by atoms with Crippen molar-refractivity contribution in [2.75, 3.05) is 11.5 Å². The van der Waals surface area contributed by atoms with E-state index in [2.05, 4.69) is 44.5 Å². The molecule has 0 aliphatic carbocycles. The SMILES string of the molecule is CC(=N)N1C(=N)COCc2c1ccc(C#CSI)c2Cc1ccccc1. The van der Waals surface area contributed by atoms with Crippen LogP contribution in [0.4, 0.5) is 5.69 Å². The summed E-state index contributed by atoms with van der Waals surface area (Å²) < 4.78 is 5.73. The first-order chi connectivity index (χ1) is 12.6. The quantitative estimate of drug-likeness (QED) is 0.279. The van der Waals surface area contributed by atoms with Crippen molar-refractivity contribution in [3.05, 3.63) is 64.7 Å². The first kappa shape index (κ1) is 19.0. The molecule has 0 saturated heterocycles. The Kier molecular flexibility index (Phi) is 6.35. The van der Waals surface area contributed by atoms with E-state index < -0.39 is 0 Å². The lowest BCUT2D eigenvalue weighted by Crippen LogP contribution is -2.36. The van der Waals surface area contributed by atoms with Crippen LogP contribution in [0.25, 0.3) is 0 Å². The third-order valence-corrected chi connectivity index (χ3v) is 5.03. The Labute approximate surface area is 169 Å². The first-order valence-corrected chi connectivity index (χ1v) is 11.5. The van der Waals surface area contributed by atoms with Crippen molar-refractivity contribution in [2.24, 2.45) is 0 Å². The van der Waals surface area contributed by atoms with E-state index in [1.807, 2.05) is 30.3 Å². The van der Waals surface area contributed by atoms with Gasteiger partial charge in [-0.2, -0.15) is 0 Å². The molecule has 2 N–H and O–H groups in total. The molecule has 1 aliphatic heterocycles. The number of nitrogens with zero attached hydrogens (tertiary/aromatic N) is 1. The average Bonchev–Trinajstić information content (AvgIpc) is 2.80. The van der Waals surface area contributed by atoms with Gasteiger partial charge in [0, 0.05) is 32.3 Å². The molecule has 6 heteroatoms. The maximum atomic E-state index is 8.23. The van der Waals surface area contributed by atoms with Crippen LogP contribution in [0.2, 0.25) is 0 Å². The molecule has 0 atom stereocenters. The second-order valence-electron chi connectivity index (χ2n) is 5.92. The Balaban J connectivity index is 2.18. The minimum Gasteiger partial charge on any atom is -0.369 e. The highest BCUT2D eigenvalue weighted by atomic mass is 127. The number of anilines is 1. The number of halogens is 1. The fourth-order valence-corrected chi connectivity index (χ4v) is 3.57. The van der Waals surface area contributed by atoms with E-state index in [0.717, 1.165) is 28.8 Å². The summed E-state index contributed by atoms with van der Waals surface area (Å²) >= 11 is 2.17. The van der Waals surface area contributed by atoms with Crippen LogP contribution in [0, 0.1) is 22.0 Å². The Morgan fingerprint density at radius 1 is 1.23 bits per heavy atom. The average molecular weight is 475 g/mol. The molecular weight excluding hydrogens is 457 g/mol. The minimum absolute atomic E-state index is 0.195. The summed E-state index contributed by atoms with van der Waals surface area (Å²) in [6.07, 6.45) is 0.738. The fraction of sp³-hybridized carbons (Fsp3) is 0.200. The summed E-state index contributed by atoms with van der Waals surface area (Å²) in [5.74, 6) is 3.83. The Morgan fingerprint density at radius 2 is 2.00 bits per heavy atom. The zero-order valence-corrected chi connectivity index (χ0v) is 17.3. The smallest absolute Gasteiger partial charge is 0.132 e. The van der Waals surface area contributed by atoms with E-state index in [4.69, 9.17) is 15.6 Å². The van der Waals surface area contributed by atoms with Crippen molar-refractivity contribution in [1.29, 1.82) is 10.8 Å². The maximum Gasteiger partial charge on any atom is 0.132 e. The number of fused-ring (bicyclic) bond motifs is 1. The van der Waals surface area contributed by atoms with Gasteiger partial charge in [0.1, 0.15) is 18.3 Å². The highest BCUT2D eigenvalue weighted by Crippen LogP contribution is 2.32. The summed E-state index contributed by atoms with van der Waals surface area (Å²) in [4.78, 5) is 1.65. The van der Waals surface area contributed by atoms with Crippen LogP contribution < -0.4 is 4.90 Å². The van der Waals surface area contributed by atoms with E-state index in [1.165, 1.54) is 14.5 Å². The van der Waals surface area contributed by atoms with E-state index in [-0.39, 0.29) is 12.4 Å². The number of rotatable bonds is 2. The lowest BCUT2D eigenvalue weighted by Gasteiger charge is -2.24. The number of benzene rings is 2. The molecule has 0 aromatic heterocycles. The standard InChI is InChI=1S/C20H18IN3OS/c1-14(22)24-19-8-7-16(9-10-26-21)17(11-15-5-3-2-4-6-15)18(19)12-25-13-20(24)23/h2-8,22-23H,11-13H2,1H3. The molecule has 3 rings (SSSR count).